The molecule has 2 N–H and O–H groups in total. The van der Waals surface area contributed by atoms with Gasteiger partial charge in [0.2, 0.25) is 0 Å². The molecule has 6 nitrogen and oxygen atoms in total. The summed E-state index contributed by atoms with van der Waals surface area (Å²) in [6.45, 7) is 5.20. The normalized spacial score (nSPS) is 10.2. The van der Waals surface area contributed by atoms with Gasteiger partial charge >= 0.3 is 5.97 Å². The van der Waals surface area contributed by atoms with E-state index in [9.17, 15) is 14.4 Å². The highest BCUT2D eigenvalue weighted by atomic mass is 16.5. The van der Waals surface area contributed by atoms with Crippen molar-refractivity contribution < 1.29 is 19.1 Å². The Morgan fingerprint density at radius 1 is 0.963 bits per heavy atom. The molecule has 0 aromatic heterocycles. The van der Waals surface area contributed by atoms with Crippen LogP contribution in [0.15, 0.2) is 42.5 Å². The maximum atomic E-state index is 12.0. The first-order valence-electron chi connectivity index (χ1n) is 8.79. The number of benzene rings is 2. The topological polar surface area (TPSA) is 84.5 Å². The van der Waals surface area contributed by atoms with E-state index in [0.29, 0.717) is 11.3 Å². The van der Waals surface area contributed by atoms with Gasteiger partial charge in [0.05, 0.1) is 0 Å². The minimum Gasteiger partial charge on any atom is -0.454 e. The van der Waals surface area contributed by atoms with Gasteiger partial charge in [-0.05, 0) is 61.2 Å². The van der Waals surface area contributed by atoms with Crippen molar-refractivity contribution in [2.24, 2.45) is 0 Å². The van der Waals surface area contributed by atoms with Crippen LogP contribution in [0.2, 0.25) is 0 Å². The highest BCUT2D eigenvalue weighted by molar-refractivity contribution is 5.96. The van der Waals surface area contributed by atoms with Crippen molar-refractivity contribution in [2.75, 3.05) is 18.5 Å². The Balaban J connectivity index is 1.74. The van der Waals surface area contributed by atoms with E-state index < -0.39 is 18.5 Å². The standard InChI is InChI=1S/C21H24N2O4/c1-4-16-6-9-18(10-7-16)23-19(24)13-27-20(25)12-22-21(26)17-8-5-14(2)15(3)11-17/h5-11H,4,12-13H2,1-3H3,(H,22,26)(H,23,24). The molecule has 27 heavy (non-hydrogen) atoms. The average molecular weight is 368 g/mol. The fraction of sp³-hybridized carbons (Fsp3) is 0.286. The van der Waals surface area contributed by atoms with Gasteiger partial charge in [-0.3, -0.25) is 14.4 Å². The van der Waals surface area contributed by atoms with Gasteiger partial charge in [-0.1, -0.05) is 25.1 Å². The molecule has 0 aliphatic carbocycles. The molecule has 0 saturated heterocycles. The summed E-state index contributed by atoms with van der Waals surface area (Å²) < 4.78 is 4.88. The summed E-state index contributed by atoms with van der Waals surface area (Å²) in [6, 6.07) is 12.7. The van der Waals surface area contributed by atoms with E-state index in [4.69, 9.17) is 4.74 Å². The molecule has 0 unspecified atom stereocenters. The fourth-order valence-electron chi connectivity index (χ4n) is 2.36. The van der Waals surface area contributed by atoms with Crippen LogP contribution in [0.4, 0.5) is 5.69 Å². The molecule has 0 spiro atoms. The quantitative estimate of drug-likeness (QED) is 0.736. The summed E-state index contributed by atoms with van der Waals surface area (Å²) in [7, 11) is 0. The molecular formula is C21H24N2O4. The van der Waals surface area contributed by atoms with Crippen LogP contribution in [0.5, 0.6) is 0 Å². The molecular weight excluding hydrogens is 344 g/mol. The Labute approximate surface area is 158 Å². The zero-order valence-electron chi connectivity index (χ0n) is 15.8. The predicted octanol–water partition coefficient (Wildman–Crippen LogP) is 2.78. The Morgan fingerprint density at radius 2 is 1.67 bits per heavy atom. The number of ether oxygens (including phenoxy) is 1. The first-order valence-corrected chi connectivity index (χ1v) is 8.79. The van der Waals surface area contributed by atoms with Gasteiger partial charge in [0.1, 0.15) is 6.54 Å². The maximum absolute atomic E-state index is 12.0. The lowest BCUT2D eigenvalue weighted by atomic mass is 10.1. The number of anilines is 1. The zero-order valence-corrected chi connectivity index (χ0v) is 15.8. The van der Waals surface area contributed by atoms with Crippen molar-refractivity contribution in [1.82, 2.24) is 5.32 Å². The molecule has 0 heterocycles. The Kier molecular flexibility index (Phi) is 7.11. The van der Waals surface area contributed by atoms with Crippen molar-refractivity contribution in [1.29, 1.82) is 0 Å². The molecule has 2 rings (SSSR count). The lowest BCUT2D eigenvalue weighted by Gasteiger charge is -2.09. The Hall–Kier alpha value is -3.15. The van der Waals surface area contributed by atoms with E-state index in [2.05, 4.69) is 10.6 Å². The molecule has 0 radical (unpaired) electrons. The summed E-state index contributed by atoms with van der Waals surface area (Å²) >= 11 is 0. The first kappa shape index (κ1) is 20.2. The van der Waals surface area contributed by atoms with Crippen molar-refractivity contribution in [3.8, 4) is 0 Å². The number of hydrogen-bond acceptors (Lipinski definition) is 4. The minimum absolute atomic E-state index is 0.301. The van der Waals surface area contributed by atoms with Gasteiger partial charge in [-0.2, -0.15) is 0 Å². The number of carbonyl (C=O) groups is 3. The largest absolute Gasteiger partial charge is 0.454 e. The van der Waals surface area contributed by atoms with Gasteiger partial charge in [0, 0.05) is 11.3 Å². The minimum atomic E-state index is -0.677. The van der Waals surface area contributed by atoms with Gasteiger partial charge < -0.3 is 15.4 Å². The van der Waals surface area contributed by atoms with Crippen LogP contribution >= 0.6 is 0 Å². The van der Waals surface area contributed by atoms with Crippen molar-refractivity contribution in [3.05, 3.63) is 64.7 Å². The molecule has 0 atom stereocenters. The third-order valence-electron chi connectivity index (χ3n) is 4.17. The van der Waals surface area contributed by atoms with Crippen molar-refractivity contribution in [3.63, 3.8) is 0 Å². The van der Waals surface area contributed by atoms with Gasteiger partial charge in [0.25, 0.3) is 11.8 Å². The average Bonchev–Trinajstić information content (AvgIpc) is 2.67. The molecule has 6 heteroatoms. The van der Waals surface area contributed by atoms with Crippen LogP contribution in [-0.2, 0) is 20.7 Å². The van der Waals surface area contributed by atoms with Crippen LogP contribution in [0.25, 0.3) is 0 Å². The highest BCUT2D eigenvalue weighted by Gasteiger charge is 2.11. The van der Waals surface area contributed by atoms with E-state index in [-0.39, 0.29) is 12.5 Å². The van der Waals surface area contributed by atoms with E-state index >= 15 is 0 Å². The van der Waals surface area contributed by atoms with Crippen LogP contribution in [0.1, 0.15) is 34.0 Å². The smallest absolute Gasteiger partial charge is 0.325 e. The summed E-state index contributed by atoms with van der Waals surface area (Å²) in [5.41, 5.74) is 4.35. The molecule has 0 fully saturated rings. The van der Waals surface area contributed by atoms with Crippen LogP contribution < -0.4 is 10.6 Å². The first-order chi connectivity index (χ1) is 12.9. The van der Waals surface area contributed by atoms with E-state index in [1.807, 2.05) is 39.0 Å². The monoisotopic (exact) mass is 368 g/mol. The summed E-state index contributed by atoms with van der Waals surface area (Å²) in [5, 5.41) is 5.13. The Bertz CT molecular complexity index is 829. The maximum Gasteiger partial charge on any atom is 0.325 e. The molecule has 142 valence electrons. The Morgan fingerprint density at radius 3 is 2.30 bits per heavy atom. The van der Waals surface area contributed by atoms with Crippen molar-refractivity contribution >= 4 is 23.5 Å². The third-order valence-corrected chi connectivity index (χ3v) is 4.17. The molecule has 2 aromatic rings. The SMILES string of the molecule is CCc1ccc(NC(=O)COC(=O)CNC(=O)c2ccc(C)c(C)c2)cc1. The number of nitrogens with one attached hydrogen (secondary N) is 2. The number of aryl methyl sites for hydroxylation is 3. The number of carbonyl (C=O) groups excluding carboxylic acids is 3. The van der Waals surface area contributed by atoms with Gasteiger partial charge in [-0.15, -0.1) is 0 Å². The van der Waals surface area contributed by atoms with Gasteiger partial charge in [-0.25, -0.2) is 0 Å². The second kappa shape index (κ2) is 9.52. The van der Waals surface area contributed by atoms with Crippen LogP contribution in [0.3, 0.4) is 0 Å². The van der Waals surface area contributed by atoms with Crippen molar-refractivity contribution in [2.45, 2.75) is 27.2 Å². The highest BCUT2D eigenvalue weighted by Crippen LogP contribution is 2.10. The second-order valence-electron chi connectivity index (χ2n) is 6.24. The molecule has 0 aliphatic rings. The number of hydrogen-bond donors (Lipinski definition) is 2. The number of rotatable bonds is 7. The lowest BCUT2D eigenvalue weighted by Crippen LogP contribution is -2.32. The van der Waals surface area contributed by atoms with Crippen LogP contribution in [0, 0.1) is 13.8 Å². The third kappa shape index (κ3) is 6.26. The van der Waals surface area contributed by atoms with E-state index in [1.165, 1.54) is 5.56 Å². The van der Waals surface area contributed by atoms with Crippen LogP contribution in [-0.4, -0.2) is 30.9 Å². The molecule has 0 aliphatic heterocycles. The predicted molar refractivity (Wildman–Crippen MR) is 104 cm³/mol. The molecule has 2 amide bonds. The van der Waals surface area contributed by atoms with E-state index in [0.717, 1.165) is 17.5 Å². The second-order valence-corrected chi connectivity index (χ2v) is 6.24. The lowest BCUT2D eigenvalue weighted by molar-refractivity contribution is -0.146. The summed E-state index contributed by atoms with van der Waals surface area (Å²) in [5.74, 6) is -1.48. The van der Waals surface area contributed by atoms with E-state index in [1.54, 1.807) is 24.3 Å². The zero-order chi connectivity index (χ0) is 19.8. The molecule has 2 aromatic carbocycles. The fourth-order valence-corrected chi connectivity index (χ4v) is 2.36. The molecule has 0 saturated carbocycles. The summed E-state index contributed by atoms with van der Waals surface area (Å²) in [4.78, 5) is 35.6. The number of esters is 1. The molecule has 0 bridgehead atoms. The summed E-state index contributed by atoms with van der Waals surface area (Å²) in [6.07, 6.45) is 0.916. The number of amides is 2. The van der Waals surface area contributed by atoms with Gasteiger partial charge in [0.15, 0.2) is 6.61 Å².